The lowest BCUT2D eigenvalue weighted by Crippen LogP contribution is -2.55. The second-order valence-electron chi connectivity index (χ2n) is 9.21. The Bertz CT molecular complexity index is 974. The lowest BCUT2D eigenvalue weighted by Gasteiger charge is -2.39. The Morgan fingerprint density at radius 1 is 0.844 bits per heavy atom. The summed E-state index contributed by atoms with van der Waals surface area (Å²) in [5, 5.41) is 0. The van der Waals surface area contributed by atoms with E-state index in [1.54, 1.807) is 12.1 Å². The molecular weight excluding hydrogens is 405 g/mol. The Hall–Kier alpha value is -2.89. The molecule has 0 aromatic heterocycles. The number of likely N-dealkylation sites (tertiary alicyclic amines) is 1. The van der Waals surface area contributed by atoms with Gasteiger partial charge in [-0.25, -0.2) is 4.39 Å². The molecule has 2 aliphatic heterocycles. The number of carbonyl (C=O) groups excluding carboxylic acids is 2. The first-order chi connectivity index (χ1) is 15.6. The molecule has 1 aliphatic carbocycles. The topological polar surface area (TPSA) is 43.9 Å². The standard InChI is InChI=1S/C26H30FN3O2/c27-21-11-5-7-13-23(21)28-14-16-29(17-15-28)26(32)24-18-20-10-4-6-12-22(20)30(24)25(31)19-8-2-1-3-9-19/h1-3,5,7-9,11,13,20,22,24H,4,6,10,12,14-18H2. The predicted molar refractivity (Wildman–Crippen MR) is 122 cm³/mol. The van der Waals surface area contributed by atoms with E-state index in [0.717, 1.165) is 25.7 Å². The van der Waals surface area contributed by atoms with Crippen LogP contribution in [-0.4, -0.2) is 59.9 Å². The molecule has 0 spiro atoms. The molecule has 3 unspecified atom stereocenters. The van der Waals surface area contributed by atoms with Crippen LogP contribution in [0.1, 0.15) is 42.5 Å². The molecule has 168 valence electrons. The Morgan fingerprint density at radius 2 is 1.53 bits per heavy atom. The van der Waals surface area contributed by atoms with Crippen LogP contribution in [0.2, 0.25) is 0 Å². The van der Waals surface area contributed by atoms with Gasteiger partial charge in [-0.1, -0.05) is 43.2 Å². The van der Waals surface area contributed by atoms with Crippen LogP contribution in [0, 0.1) is 11.7 Å². The van der Waals surface area contributed by atoms with E-state index in [1.165, 1.54) is 12.5 Å². The summed E-state index contributed by atoms with van der Waals surface area (Å²) in [6.45, 7) is 2.29. The number of para-hydroxylation sites is 1. The molecule has 3 atom stereocenters. The number of halogens is 1. The van der Waals surface area contributed by atoms with Crippen LogP contribution in [0.15, 0.2) is 54.6 Å². The minimum absolute atomic E-state index is 0.0247. The minimum atomic E-state index is -0.393. The molecular formula is C26H30FN3O2. The van der Waals surface area contributed by atoms with E-state index < -0.39 is 6.04 Å². The average Bonchev–Trinajstić information content (AvgIpc) is 3.24. The number of fused-ring (bicyclic) bond motifs is 1. The van der Waals surface area contributed by atoms with Gasteiger partial charge in [0.25, 0.3) is 5.91 Å². The SMILES string of the molecule is O=C(C1CC2CCCCC2N1C(=O)c1ccccc1)N1CCN(c2ccccc2F)CC1. The van der Waals surface area contributed by atoms with Crippen LogP contribution in [0.3, 0.4) is 0 Å². The number of carbonyl (C=O) groups is 2. The van der Waals surface area contributed by atoms with Gasteiger partial charge in [-0.05, 0) is 49.4 Å². The molecule has 0 radical (unpaired) electrons. The van der Waals surface area contributed by atoms with Gasteiger partial charge in [-0.15, -0.1) is 0 Å². The smallest absolute Gasteiger partial charge is 0.254 e. The number of anilines is 1. The van der Waals surface area contributed by atoms with Gasteiger partial charge in [0.05, 0.1) is 5.69 Å². The Labute approximate surface area is 188 Å². The van der Waals surface area contributed by atoms with E-state index in [2.05, 4.69) is 0 Å². The van der Waals surface area contributed by atoms with Crippen molar-refractivity contribution in [1.29, 1.82) is 0 Å². The number of hydrogen-bond acceptors (Lipinski definition) is 3. The highest BCUT2D eigenvalue weighted by molar-refractivity contribution is 5.98. The summed E-state index contributed by atoms with van der Waals surface area (Å²) >= 11 is 0. The molecule has 3 aliphatic rings. The summed E-state index contributed by atoms with van der Waals surface area (Å²) in [6.07, 6.45) is 5.12. The van der Waals surface area contributed by atoms with Crippen molar-refractivity contribution in [3.05, 3.63) is 66.0 Å². The molecule has 32 heavy (non-hydrogen) atoms. The largest absolute Gasteiger partial charge is 0.366 e. The second kappa shape index (κ2) is 8.93. The highest BCUT2D eigenvalue weighted by Gasteiger charge is 2.48. The number of hydrogen-bond donors (Lipinski definition) is 0. The summed E-state index contributed by atoms with van der Waals surface area (Å²) in [4.78, 5) is 32.9. The highest BCUT2D eigenvalue weighted by Crippen LogP contribution is 2.41. The maximum atomic E-state index is 14.2. The molecule has 1 saturated carbocycles. The van der Waals surface area contributed by atoms with Crippen molar-refractivity contribution in [2.75, 3.05) is 31.1 Å². The first kappa shape index (κ1) is 21.0. The van der Waals surface area contributed by atoms with Gasteiger partial charge in [0.2, 0.25) is 5.91 Å². The van der Waals surface area contributed by atoms with Gasteiger partial charge in [-0.3, -0.25) is 9.59 Å². The quantitative estimate of drug-likeness (QED) is 0.733. The van der Waals surface area contributed by atoms with Crippen LogP contribution in [-0.2, 0) is 4.79 Å². The maximum Gasteiger partial charge on any atom is 0.254 e. The van der Waals surface area contributed by atoms with E-state index in [0.29, 0.717) is 43.3 Å². The monoisotopic (exact) mass is 435 g/mol. The highest BCUT2D eigenvalue weighted by atomic mass is 19.1. The third kappa shape index (κ3) is 3.87. The lowest BCUT2D eigenvalue weighted by atomic mass is 9.84. The van der Waals surface area contributed by atoms with E-state index in [4.69, 9.17) is 0 Å². The van der Waals surface area contributed by atoms with Crippen LogP contribution in [0.25, 0.3) is 0 Å². The first-order valence-corrected chi connectivity index (χ1v) is 11.8. The van der Waals surface area contributed by atoms with Crippen LogP contribution >= 0.6 is 0 Å². The zero-order valence-electron chi connectivity index (χ0n) is 18.3. The number of rotatable bonds is 3. The van der Waals surface area contributed by atoms with E-state index >= 15 is 0 Å². The number of nitrogens with zero attached hydrogens (tertiary/aromatic N) is 3. The van der Waals surface area contributed by atoms with Crippen LogP contribution < -0.4 is 4.90 Å². The van der Waals surface area contributed by atoms with Crippen molar-refractivity contribution in [3.8, 4) is 0 Å². The zero-order valence-corrected chi connectivity index (χ0v) is 18.3. The second-order valence-corrected chi connectivity index (χ2v) is 9.21. The van der Waals surface area contributed by atoms with Crippen LogP contribution in [0.5, 0.6) is 0 Å². The van der Waals surface area contributed by atoms with Gasteiger partial charge in [-0.2, -0.15) is 0 Å². The van der Waals surface area contributed by atoms with Crippen molar-refractivity contribution >= 4 is 17.5 Å². The molecule has 2 aromatic rings. The predicted octanol–water partition coefficient (Wildman–Crippen LogP) is 3.95. The maximum absolute atomic E-state index is 14.2. The van der Waals surface area contributed by atoms with Crippen LogP contribution in [0.4, 0.5) is 10.1 Å². The fourth-order valence-electron chi connectivity index (χ4n) is 5.79. The molecule has 2 amide bonds. The third-order valence-corrected chi connectivity index (χ3v) is 7.41. The van der Waals surface area contributed by atoms with Crippen molar-refractivity contribution in [2.45, 2.75) is 44.2 Å². The number of benzene rings is 2. The van der Waals surface area contributed by atoms with Crippen molar-refractivity contribution in [3.63, 3.8) is 0 Å². The molecule has 5 rings (SSSR count). The van der Waals surface area contributed by atoms with Gasteiger partial charge >= 0.3 is 0 Å². The van der Waals surface area contributed by atoms with Gasteiger partial charge in [0.15, 0.2) is 0 Å². The third-order valence-electron chi connectivity index (χ3n) is 7.41. The number of piperazine rings is 1. The summed E-state index contributed by atoms with van der Waals surface area (Å²) < 4.78 is 14.2. The fraction of sp³-hybridized carbons (Fsp3) is 0.462. The normalized spacial score (nSPS) is 25.5. The van der Waals surface area contributed by atoms with Crippen molar-refractivity contribution in [1.82, 2.24) is 9.80 Å². The molecule has 5 nitrogen and oxygen atoms in total. The van der Waals surface area contributed by atoms with Crippen molar-refractivity contribution in [2.24, 2.45) is 5.92 Å². The minimum Gasteiger partial charge on any atom is -0.366 e. The molecule has 2 heterocycles. The Morgan fingerprint density at radius 3 is 2.28 bits per heavy atom. The van der Waals surface area contributed by atoms with E-state index in [9.17, 15) is 14.0 Å². The zero-order chi connectivity index (χ0) is 22.1. The summed E-state index contributed by atoms with van der Waals surface area (Å²) in [5.74, 6) is 0.206. The molecule has 6 heteroatoms. The molecule has 2 aromatic carbocycles. The lowest BCUT2D eigenvalue weighted by molar-refractivity contribution is -0.136. The van der Waals surface area contributed by atoms with Gasteiger partial charge < -0.3 is 14.7 Å². The summed E-state index contributed by atoms with van der Waals surface area (Å²) in [7, 11) is 0. The number of amides is 2. The fourth-order valence-corrected chi connectivity index (χ4v) is 5.79. The first-order valence-electron chi connectivity index (χ1n) is 11.8. The summed E-state index contributed by atoms with van der Waals surface area (Å²) in [6, 6.07) is 15.9. The molecule has 0 N–H and O–H groups in total. The Balaban J connectivity index is 1.33. The molecule has 0 bridgehead atoms. The van der Waals surface area contributed by atoms with Gasteiger partial charge in [0.1, 0.15) is 11.9 Å². The van der Waals surface area contributed by atoms with E-state index in [1.807, 2.05) is 51.1 Å². The van der Waals surface area contributed by atoms with Gasteiger partial charge in [0, 0.05) is 37.8 Å². The summed E-state index contributed by atoms with van der Waals surface area (Å²) in [5.41, 5.74) is 1.24. The molecule has 3 fully saturated rings. The Kier molecular flexibility index (Phi) is 5.85. The molecule has 2 saturated heterocycles. The van der Waals surface area contributed by atoms with E-state index in [-0.39, 0.29) is 23.7 Å². The average molecular weight is 436 g/mol. The van der Waals surface area contributed by atoms with Crippen molar-refractivity contribution < 1.29 is 14.0 Å².